The lowest BCUT2D eigenvalue weighted by Crippen LogP contribution is -2.24. The molecule has 0 aromatic heterocycles. The number of nitrogens with one attached hydrogen (secondary N) is 1. The van der Waals surface area contributed by atoms with E-state index in [4.69, 9.17) is 16.3 Å². The van der Waals surface area contributed by atoms with Crippen molar-refractivity contribution in [3.05, 3.63) is 76.3 Å². The van der Waals surface area contributed by atoms with E-state index >= 15 is 0 Å². The van der Waals surface area contributed by atoms with E-state index < -0.39 is 6.09 Å². The summed E-state index contributed by atoms with van der Waals surface area (Å²) >= 11 is 5.83. The molecule has 1 amide bonds. The van der Waals surface area contributed by atoms with E-state index in [2.05, 4.69) is 5.32 Å². The number of halogens is 1. The number of aldehydes is 1. The molecule has 0 fully saturated rings. The van der Waals surface area contributed by atoms with Crippen LogP contribution in [0.5, 0.6) is 0 Å². The number of hydrogen-bond donors (Lipinski definition) is 1. The standard InChI is InChI=1S/C18H16ClNO3/c19-17-9-8-15(16(11-17)12-21)7-4-10-20-18(22)23-13-14-5-2-1-3-6-14/h1-9,11-12H,10,13H2,(H,20,22). The van der Waals surface area contributed by atoms with Crippen LogP contribution in [-0.4, -0.2) is 18.9 Å². The SMILES string of the molecule is O=Cc1cc(Cl)ccc1C=CCNC(=O)OCc1ccccc1. The van der Waals surface area contributed by atoms with E-state index in [0.29, 0.717) is 17.1 Å². The van der Waals surface area contributed by atoms with E-state index in [1.165, 1.54) is 0 Å². The lowest BCUT2D eigenvalue weighted by atomic mass is 10.1. The number of hydrogen-bond acceptors (Lipinski definition) is 3. The van der Waals surface area contributed by atoms with Gasteiger partial charge in [0, 0.05) is 17.1 Å². The molecule has 0 saturated carbocycles. The van der Waals surface area contributed by atoms with Crippen LogP contribution in [0.3, 0.4) is 0 Å². The van der Waals surface area contributed by atoms with Crippen molar-refractivity contribution < 1.29 is 14.3 Å². The molecule has 23 heavy (non-hydrogen) atoms. The minimum absolute atomic E-state index is 0.225. The predicted octanol–water partition coefficient (Wildman–Crippen LogP) is 4.09. The van der Waals surface area contributed by atoms with Crippen molar-refractivity contribution in [1.82, 2.24) is 5.32 Å². The average molecular weight is 330 g/mol. The van der Waals surface area contributed by atoms with Gasteiger partial charge in [0.15, 0.2) is 6.29 Å². The Morgan fingerprint density at radius 3 is 2.65 bits per heavy atom. The molecule has 1 N–H and O–H groups in total. The molecule has 0 atom stereocenters. The minimum atomic E-state index is -0.495. The molecule has 0 bridgehead atoms. The summed E-state index contributed by atoms with van der Waals surface area (Å²) in [4.78, 5) is 22.5. The maximum atomic E-state index is 11.6. The van der Waals surface area contributed by atoms with Gasteiger partial charge in [0.25, 0.3) is 0 Å². The van der Waals surface area contributed by atoms with Gasteiger partial charge in [-0.2, -0.15) is 0 Å². The van der Waals surface area contributed by atoms with Crippen LogP contribution in [0.4, 0.5) is 4.79 Å². The fraction of sp³-hybridized carbons (Fsp3) is 0.111. The van der Waals surface area contributed by atoms with Crippen molar-refractivity contribution in [3.8, 4) is 0 Å². The quantitative estimate of drug-likeness (QED) is 0.812. The second kappa shape index (κ2) is 8.76. The molecule has 118 valence electrons. The summed E-state index contributed by atoms with van der Waals surface area (Å²) in [5.74, 6) is 0. The molecule has 0 unspecified atom stereocenters. The van der Waals surface area contributed by atoms with Crippen molar-refractivity contribution in [2.45, 2.75) is 6.61 Å². The molecule has 0 aliphatic rings. The van der Waals surface area contributed by atoms with E-state index in [0.717, 1.165) is 17.4 Å². The van der Waals surface area contributed by atoms with Crippen molar-refractivity contribution in [2.75, 3.05) is 6.54 Å². The smallest absolute Gasteiger partial charge is 0.407 e. The van der Waals surface area contributed by atoms with Gasteiger partial charge in [-0.3, -0.25) is 4.79 Å². The second-order valence-corrected chi connectivity index (χ2v) is 5.17. The largest absolute Gasteiger partial charge is 0.445 e. The van der Waals surface area contributed by atoms with Gasteiger partial charge in [-0.15, -0.1) is 0 Å². The molecule has 0 radical (unpaired) electrons. The van der Waals surface area contributed by atoms with Crippen LogP contribution >= 0.6 is 11.6 Å². The summed E-state index contributed by atoms with van der Waals surface area (Å²) in [7, 11) is 0. The van der Waals surface area contributed by atoms with Crippen LogP contribution in [0.1, 0.15) is 21.5 Å². The Kier molecular flexibility index (Phi) is 6.39. The number of carbonyl (C=O) groups is 2. The Bertz CT molecular complexity index is 699. The number of ether oxygens (including phenoxy) is 1. The highest BCUT2D eigenvalue weighted by molar-refractivity contribution is 6.30. The van der Waals surface area contributed by atoms with E-state index in [-0.39, 0.29) is 6.61 Å². The average Bonchev–Trinajstić information content (AvgIpc) is 2.58. The molecule has 2 aromatic rings. The number of benzene rings is 2. The Labute approximate surface area is 139 Å². The topological polar surface area (TPSA) is 55.4 Å². The minimum Gasteiger partial charge on any atom is -0.445 e. The van der Waals surface area contributed by atoms with Crippen molar-refractivity contribution in [1.29, 1.82) is 0 Å². The first-order valence-electron chi connectivity index (χ1n) is 7.05. The molecule has 0 heterocycles. The molecule has 5 heteroatoms. The molecule has 0 aliphatic heterocycles. The van der Waals surface area contributed by atoms with Gasteiger partial charge in [0.2, 0.25) is 0 Å². The molecule has 4 nitrogen and oxygen atoms in total. The van der Waals surface area contributed by atoms with Crippen LogP contribution in [0, 0.1) is 0 Å². The zero-order chi connectivity index (χ0) is 16.5. The van der Waals surface area contributed by atoms with E-state index in [1.807, 2.05) is 30.3 Å². The van der Waals surface area contributed by atoms with Gasteiger partial charge in [-0.05, 0) is 23.3 Å². The number of amides is 1. The van der Waals surface area contributed by atoms with Crippen LogP contribution in [0.2, 0.25) is 5.02 Å². The molecule has 2 rings (SSSR count). The zero-order valence-electron chi connectivity index (χ0n) is 12.4. The molecular weight excluding hydrogens is 314 g/mol. The lowest BCUT2D eigenvalue weighted by Gasteiger charge is -2.05. The number of carbonyl (C=O) groups excluding carboxylic acids is 2. The molecule has 0 saturated heterocycles. The molecule has 0 spiro atoms. The number of rotatable bonds is 6. The molecule has 0 aliphatic carbocycles. The van der Waals surface area contributed by atoms with Crippen LogP contribution in [0.15, 0.2) is 54.6 Å². The third kappa shape index (κ3) is 5.60. The summed E-state index contributed by atoms with van der Waals surface area (Å²) in [6, 6.07) is 14.5. The van der Waals surface area contributed by atoms with Crippen LogP contribution < -0.4 is 5.32 Å². The normalized spacial score (nSPS) is 10.5. The monoisotopic (exact) mass is 329 g/mol. The highest BCUT2D eigenvalue weighted by Crippen LogP contribution is 2.15. The Morgan fingerprint density at radius 1 is 1.13 bits per heavy atom. The van der Waals surface area contributed by atoms with E-state index in [1.54, 1.807) is 30.4 Å². The summed E-state index contributed by atoms with van der Waals surface area (Å²) < 4.78 is 5.08. The van der Waals surface area contributed by atoms with Crippen molar-refractivity contribution in [2.24, 2.45) is 0 Å². The maximum absolute atomic E-state index is 11.6. The second-order valence-electron chi connectivity index (χ2n) is 4.74. The number of alkyl carbamates (subject to hydrolysis) is 1. The lowest BCUT2D eigenvalue weighted by molar-refractivity contribution is 0.112. The summed E-state index contributed by atoms with van der Waals surface area (Å²) in [5.41, 5.74) is 2.17. The summed E-state index contributed by atoms with van der Waals surface area (Å²) in [6.07, 6.45) is 3.73. The van der Waals surface area contributed by atoms with Gasteiger partial charge in [0.05, 0.1) is 0 Å². The highest BCUT2D eigenvalue weighted by atomic mass is 35.5. The highest BCUT2D eigenvalue weighted by Gasteiger charge is 2.01. The summed E-state index contributed by atoms with van der Waals surface area (Å²) in [6.45, 7) is 0.525. The first kappa shape index (κ1) is 16.8. The van der Waals surface area contributed by atoms with Crippen molar-refractivity contribution >= 4 is 30.1 Å². The fourth-order valence-electron chi connectivity index (χ4n) is 1.90. The maximum Gasteiger partial charge on any atom is 0.407 e. The van der Waals surface area contributed by atoms with Crippen molar-refractivity contribution in [3.63, 3.8) is 0 Å². The van der Waals surface area contributed by atoms with E-state index in [9.17, 15) is 9.59 Å². The fourth-order valence-corrected chi connectivity index (χ4v) is 2.08. The van der Waals surface area contributed by atoms with Crippen LogP contribution in [0.25, 0.3) is 6.08 Å². The third-order valence-electron chi connectivity index (χ3n) is 3.05. The third-order valence-corrected chi connectivity index (χ3v) is 3.29. The Balaban J connectivity index is 1.78. The molecular formula is C18H16ClNO3. The summed E-state index contributed by atoms with van der Waals surface area (Å²) in [5, 5.41) is 3.12. The first-order chi connectivity index (χ1) is 11.2. The van der Waals surface area contributed by atoms with Gasteiger partial charge in [-0.1, -0.05) is 60.2 Å². The van der Waals surface area contributed by atoms with Gasteiger partial charge >= 0.3 is 6.09 Å². The Morgan fingerprint density at radius 2 is 1.91 bits per heavy atom. The predicted molar refractivity (Wildman–Crippen MR) is 90.5 cm³/mol. The van der Waals surface area contributed by atoms with Gasteiger partial charge in [0.1, 0.15) is 6.61 Å². The first-order valence-corrected chi connectivity index (χ1v) is 7.42. The van der Waals surface area contributed by atoms with Gasteiger partial charge in [-0.25, -0.2) is 4.79 Å². The zero-order valence-corrected chi connectivity index (χ0v) is 13.1. The van der Waals surface area contributed by atoms with Crippen LogP contribution in [-0.2, 0) is 11.3 Å². The van der Waals surface area contributed by atoms with Gasteiger partial charge < -0.3 is 10.1 Å². The Hall–Kier alpha value is -2.59. The molecule has 2 aromatic carbocycles.